The smallest absolute Gasteiger partial charge is 0.238 e. The van der Waals surface area contributed by atoms with Crippen molar-refractivity contribution in [2.75, 3.05) is 24.3 Å². The SMILES string of the molecule is CCOCC(Nc1ccc(S(N)(=O)=O)cc1N)C(C)C. The molecule has 114 valence electrons. The highest BCUT2D eigenvalue weighted by Gasteiger charge is 2.16. The number of primary sulfonamides is 1. The maximum Gasteiger partial charge on any atom is 0.238 e. The Morgan fingerprint density at radius 2 is 2.00 bits per heavy atom. The lowest BCUT2D eigenvalue weighted by molar-refractivity contribution is 0.127. The highest BCUT2D eigenvalue weighted by atomic mass is 32.2. The van der Waals surface area contributed by atoms with Gasteiger partial charge in [0, 0.05) is 6.61 Å². The molecule has 0 aliphatic rings. The van der Waals surface area contributed by atoms with Crippen LogP contribution in [0.5, 0.6) is 0 Å². The molecule has 20 heavy (non-hydrogen) atoms. The number of nitrogen functional groups attached to an aromatic ring is 1. The first-order chi connectivity index (χ1) is 9.25. The van der Waals surface area contributed by atoms with Crippen LogP contribution in [0.15, 0.2) is 23.1 Å². The van der Waals surface area contributed by atoms with Gasteiger partial charge >= 0.3 is 0 Å². The van der Waals surface area contributed by atoms with Crippen molar-refractivity contribution in [1.29, 1.82) is 0 Å². The Hall–Kier alpha value is -1.31. The Bertz CT molecular complexity index is 544. The zero-order valence-electron chi connectivity index (χ0n) is 12.1. The van der Waals surface area contributed by atoms with Gasteiger partial charge in [0.15, 0.2) is 0 Å². The first-order valence-electron chi connectivity index (χ1n) is 6.52. The minimum absolute atomic E-state index is 0.00598. The molecule has 1 unspecified atom stereocenters. The van der Waals surface area contributed by atoms with Crippen LogP contribution in [0.4, 0.5) is 11.4 Å². The molecule has 0 saturated carbocycles. The van der Waals surface area contributed by atoms with Gasteiger partial charge in [0.05, 0.1) is 28.9 Å². The molecular formula is C13H23N3O3S. The predicted molar refractivity (Wildman–Crippen MR) is 81.0 cm³/mol. The van der Waals surface area contributed by atoms with Gasteiger partial charge < -0.3 is 15.8 Å². The number of hydrogen-bond acceptors (Lipinski definition) is 5. The van der Waals surface area contributed by atoms with Gasteiger partial charge in [-0.05, 0) is 31.0 Å². The Morgan fingerprint density at radius 1 is 1.35 bits per heavy atom. The number of ether oxygens (including phenoxy) is 1. The molecule has 0 heterocycles. The first-order valence-corrected chi connectivity index (χ1v) is 8.07. The number of benzene rings is 1. The van der Waals surface area contributed by atoms with Crippen LogP contribution in [0, 0.1) is 5.92 Å². The molecule has 0 aliphatic heterocycles. The van der Waals surface area contributed by atoms with Crippen molar-refractivity contribution < 1.29 is 13.2 Å². The summed E-state index contributed by atoms with van der Waals surface area (Å²) in [6.45, 7) is 7.29. The van der Waals surface area contributed by atoms with Crippen LogP contribution in [-0.4, -0.2) is 27.7 Å². The zero-order valence-corrected chi connectivity index (χ0v) is 12.9. The van der Waals surface area contributed by atoms with Gasteiger partial charge in [0.25, 0.3) is 0 Å². The molecule has 1 atom stereocenters. The molecule has 0 aromatic heterocycles. The van der Waals surface area contributed by atoms with Gasteiger partial charge in [0.2, 0.25) is 10.0 Å². The summed E-state index contributed by atoms with van der Waals surface area (Å²) in [5, 5.41) is 8.34. The number of hydrogen-bond donors (Lipinski definition) is 3. The van der Waals surface area contributed by atoms with Crippen LogP contribution < -0.4 is 16.2 Å². The number of rotatable bonds is 7. The number of sulfonamides is 1. The molecule has 0 fully saturated rings. The highest BCUT2D eigenvalue weighted by molar-refractivity contribution is 7.89. The van der Waals surface area contributed by atoms with E-state index >= 15 is 0 Å². The molecular weight excluding hydrogens is 278 g/mol. The minimum Gasteiger partial charge on any atom is -0.397 e. The van der Waals surface area contributed by atoms with Crippen molar-refractivity contribution in [3.63, 3.8) is 0 Å². The Labute approximate surface area is 120 Å². The Kier molecular flexibility index (Phi) is 5.79. The second-order valence-corrected chi connectivity index (χ2v) is 6.51. The maximum atomic E-state index is 11.2. The monoisotopic (exact) mass is 301 g/mol. The summed E-state index contributed by atoms with van der Waals surface area (Å²) in [5.41, 5.74) is 6.89. The van der Waals surface area contributed by atoms with Crippen molar-refractivity contribution >= 4 is 21.4 Å². The molecule has 7 heteroatoms. The number of nitrogens with two attached hydrogens (primary N) is 2. The fraction of sp³-hybridized carbons (Fsp3) is 0.538. The lowest BCUT2D eigenvalue weighted by Crippen LogP contribution is -2.31. The zero-order chi connectivity index (χ0) is 15.3. The van der Waals surface area contributed by atoms with Crippen LogP contribution in [0.2, 0.25) is 0 Å². The van der Waals surface area contributed by atoms with E-state index in [1.54, 1.807) is 6.07 Å². The highest BCUT2D eigenvalue weighted by Crippen LogP contribution is 2.24. The fourth-order valence-corrected chi connectivity index (χ4v) is 2.24. The molecule has 5 N–H and O–H groups in total. The topological polar surface area (TPSA) is 107 Å². The van der Waals surface area contributed by atoms with Crippen LogP contribution in [0.3, 0.4) is 0 Å². The van der Waals surface area contributed by atoms with Gasteiger partial charge in [-0.3, -0.25) is 0 Å². The maximum absolute atomic E-state index is 11.2. The van der Waals surface area contributed by atoms with Crippen LogP contribution in [-0.2, 0) is 14.8 Å². The third-order valence-corrected chi connectivity index (χ3v) is 3.91. The van der Waals surface area contributed by atoms with Crippen LogP contribution >= 0.6 is 0 Å². The van der Waals surface area contributed by atoms with Crippen molar-refractivity contribution in [3.05, 3.63) is 18.2 Å². The second-order valence-electron chi connectivity index (χ2n) is 4.95. The second kappa shape index (κ2) is 6.92. The number of anilines is 2. The van der Waals surface area contributed by atoms with Crippen molar-refractivity contribution in [2.45, 2.75) is 31.7 Å². The van der Waals surface area contributed by atoms with E-state index in [-0.39, 0.29) is 10.9 Å². The largest absolute Gasteiger partial charge is 0.397 e. The minimum atomic E-state index is -3.73. The molecule has 1 aromatic carbocycles. The van der Waals surface area contributed by atoms with Crippen molar-refractivity contribution in [2.24, 2.45) is 11.1 Å². The summed E-state index contributed by atoms with van der Waals surface area (Å²) >= 11 is 0. The molecule has 0 radical (unpaired) electrons. The quantitative estimate of drug-likeness (QED) is 0.660. The molecule has 1 aromatic rings. The van der Waals surface area contributed by atoms with Crippen LogP contribution in [0.1, 0.15) is 20.8 Å². The molecule has 1 rings (SSSR count). The average Bonchev–Trinajstić information content (AvgIpc) is 2.34. The van der Waals surface area contributed by atoms with E-state index in [0.717, 1.165) is 0 Å². The van der Waals surface area contributed by atoms with E-state index in [0.29, 0.717) is 30.5 Å². The van der Waals surface area contributed by atoms with Crippen molar-refractivity contribution in [1.82, 2.24) is 0 Å². The van der Waals surface area contributed by atoms with Crippen LogP contribution in [0.25, 0.3) is 0 Å². The van der Waals surface area contributed by atoms with Gasteiger partial charge in [0.1, 0.15) is 0 Å². The van der Waals surface area contributed by atoms with E-state index in [2.05, 4.69) is 19.2 Å². The van der Waals surface area contributed by atoms with Crippen molar-refractivity contribution in [3.8, 4) is 0 Å². The first kappa shape index (κ1) is 16.7. The van der Waals surface area contributed by atoms with Gasteiger partial charge in [-0.15, -0.1) is 0 Å². The van der Waals surface area contributed by atoms with E-state index < -0.39 is 10.0 Å². The van der Waals surface area contributed by atoms with E-state index in [9.17, 15) is 8.42 Å². The summed E-state index contributed by atoms with van der Waals surface area (Å²) < 4.78 is 27.9. The summed E-state index contributed by atoms with van der Waals surface area (Å²) in [7, 11) is -3.73. The Balaban J connectivity index is 2.91. The fourth-order valence-electron chi connectivity index (χ4n) is 1.69. The van der Waals surface area contributed by atoms with Gasteiger partial charge in [-0.2, -0.15) is 0 Å². The van der Waals surface area contributed by atoms with Gasteiger partial charge in [-0.25, -0.2) is 13.6 Å². The summed E-state index contributed by atoms with van der Waals surface area (Å²) in [4.78, 5) is 0.00598. The lowest BCUT2D eigenvalue weighted by atomic mass is 10.0. The van der Waals surface area contributed by atoms with Gasteiger partial charge in [-0.1, -0.05) is 13.8 Å². The third kappa shape index (κ3) is 4.66. The molecule has 0 amide bonds. The molecule has 0 spiro atoms. The number of nitrogens with one attached hydrogen (secondary N) is 1. The third-order valence-electron chi connectivity index (χ3n) is 3.00. The van der Waals surface area contributed by atoms with E-state index in [1.807, 2.05) is 6.92 Å². The Morgan fingerprint density at radius 3 is 2.45 bits per heavy atom. The summed E-state index contributed by atoms with van der Waals surface area (Å²) in [5.74, 6) is 0.346. The molecule has 6 nitrogen and oxygen atoms in total. The molecule has 0 aliphatic carbocycles. The molecule has 0 saturated heterocycles. The predicted octanol–water partition coefficient (Wildman–Crippen LogP) is 1.39. The van der Waals surface area contributed by atoms with E-state index in [1.165, 1.54) is 12.1 Å². The van der Waals surface area contributed by atoms with E-state index in [4.69, 9.17) is 15.6 Å². The standard InChI is InChI=1S/C13H23N3O3S/c1-4-19-8-13(9(2)3)16-12-6-5-10(7-11(12)14)20(15,17)18/h5-7,9,13,16H,4,8,14H2,1-3H3,(H2,15,17,18). The average molecular weight is 301 g/mol. The normalized spacial score (nSPS) is 13.4. The summed E-state index contributed by atoms with van der Waals surface area (Å²) in [6.07, 6.45) is 0. The molecule has 0 bridgehead atoms. The summed E-state index contributed by atoms with van der Waals surface area (Å²) in [6, 6.07) is 4.51. The lowest BCUT2D eigenvalue weighted by Gasteiger charge is -2.24.